The molecule has 0 aromatic heterocycles. The zero-order valence-electron chi connectivity index (χ0n) is 16.5. The van der Waals surface area contributed by atoms with Gasteiger partial charge in [-0.1, -0.05) is 12.1 Å². The van der Waals surface area contributed by atoms with Gasteiger partial charge in [0.15, 0.2) is 0 Å². The fourth-order valence-electron chi connectivity index (χ4n) is 4.47. The van der Waals surface area contributed by atoms with Gasteiger partial charge in [-0.05, 0) is 56.8 Å². The van der Waals surface area contributed by atoms with Crippen molar-refractivity contribution >= 4 is 17.7 Å². The molecule has 2 unspecified atom stereocenters. The van der Waals surface area contributed by atoms with Crippen LogP contribution in [0.5, 0.6) is 0 Å². The van der Waals surface area contributed by atoms with E-state index in [1.165, 1.54) is 12.8 Å². The van der Waals surface area contributed by atoms with Gasteiger partial charge in [-0.3, -0.25) is 19.7 Å². The maximum atomic E-state index is 12.9. The molecule has 7 nitrogen and oxygen atoms in total. The third-order valence-electron chi connectivity index (χ3n) is 6.27. The van der Waals surface area contributed by atoms with Crippen molar-refractivity contribution in [3.8, 4) is 0 Å². The highest BCUT2D eigenvalue weighted by molar-refractivity contribution is 6.05. The lowest BCUT2D eigenvalue weighted by Gasteiger charge is -2.33. The third-order valence-corrected chi connectivity index (χ3v) is 6.27. The molecule has 3 aliphatic rings. The van der Waals surface area contributed by atoms with Gasteiger partial charge in [-0.15, -0.1) is 0 Å². The number of nitrogens with one attached hydrogen (secondary N) is 3. The minimum Gasteiger partial charge on any atom is -0.322 e. The van der Waals surface area contributed by atoms with E-state index in [0.29, 0.717) is 31.1 Å². The lowest BCUT2D eigenvalue weighted by atomic mass is 9.93. The van der Waals surface area contributed by atoms with E-state index in [-0.39, 0.29) is 29.7 Å². The van der Waals surface area contributed by atoms with E-state index >= 15 is 0 Å². The molecule has 2 saturated heterocycles. The van der Waals surface area contributed by atoms with E-state index in [0.717, 1.165) is 17.7 Å². The molecule has 7 heteroatoms. The molecule has 4 rings (SSSR count). The Hall–Kier alpha value is -2.25. The Bertz CT molecular complexity index is 814. The predicted octanol–water partition coefficient (Wildman–Crippen LogP) is 1.07. The summed E-state index contributed by atoms with van der Waals surface area (Å²) in [5.74, 6) is -0.758. The SMILES string of the molecule is CC(C)(NCc1ccc2c(c1)C(=O)N(C1CCC(=O)NC1=O)C2)C1CCCN1. The summed E-state index contributed by atoms with van der Waals surface area (Å²) >= 11 is 0. The third kappa shape index (κ3) is 3.56. The molecule has 0 aliphatic carbocycles. The molecule has 150 valence electrons. The van der Waals surface area contributed by atoms with Gasteiger partial charge in [0.05, 0.1) is 0 Å². The highest BCUT2D eigenvalue weighted by atomic mass is 16.2. The monoisotopic (exact) mass is 384 g/mol. The van der Waals surface area contributed by atoms with Gasteiger partial charge in [0.2, 0.25) is 11.8 Å². The fraction of sp³-hybridized carbons (Fsp3) is 0.571. The lowest BCUT2D eigenvalue weighted by Crippen LogP contribution is -2.53. The molecular weight excluding hydrogens is 356 g/mol. The minimum atomic E-state index is -0.563. The number of piperidine rings is 1. The van der Waals surface area contributed by atoms with Crippen LogP contribution >= 0.6 is 0 Å². The van der Waals surface area contributed by atoms with Crippen LogP contribution < -0.4 is 16.0 Å². The van der Waals surface area contributed by atoms with Gasteiger partial charge >= 0.3 is 0 Å². The first kappa shape index (κ1) is 19.1. The highest BCUT2D eigenvalue weighted by Gasteiger charge is 2.39. The Morgan fingerprint density at radius 1 is 1.21 bits per heavy atom. The lowest BCUT2D eigenvalue weighted by molar-refractivity contribution is -0.136. The van der Waals surface area contributed by atoms with Gasteiger partial charge in [-0.2, -0.15) is 0 Å². The number of carbonyl (C=O) groups excluding carboxylic acids is 3. The Morgan fingerprint density at radius 2 is 2.04 bits per heavy atom. The summed E-state index contributed by atoms with van der Waals surface area (Å²) < 4.78 is 0. The summed E-state index contributed by atoms with van der Waals surface area (Å²) in [6, 6.07) is 5.86. The van der Waals surface area contributed by atoms with Crippen LogP contribution in [0.25, 0.3) is 0 Å². The number of nitrogens with zero attached hydrogens (tertiary/aromatic N) is 1. The van der Waals surface area contributed by atoms with Crippen LogP contribution in [0.15, 0.2) is 18.2 Å². The van der Waals surface area contributed by atoms with Crippen LogP contribution in [0.4, 0.5) is 0 Å². The van der Waals surface area contributed by atoms with Crippen molar-refractivity contribution in [1.82, 2.24) is 20.9 Å². The van der Waals surface area contributed by atoms with Crippen molar-refractivity contribution in [3.05, 3.63) is 34.9 Å². The number of benzene rings is 1. The zero-order valence-corrected chi connectivity index (χ0v) is 16.5. The predicted molar refractivity (Wildman–Crippen MR) is 104 cm³/mol. The molecule has 0 saturated carbocycles. The summed E-state index contributed by atoms with van der Waals surface area (Å²) in [5.41, 5.74) is 2.64. The maximum absolute atomic E-state index is 12.9. The van der Waals surface area contributed by atoms with Gasteiger partial charge in [-0.25, -0.2) is 0 Å². The number of rotatable bonds is 5. The van der Waals surface area contributed by atoms with Crippen molar-refractivity contribution in [2.45, 2.75) is 70.2 Å². The summed E-state index contributed by atoms with van der Waals surface area (Å²) in [7, 11) is 0. The van der Waals surface area contributed by atoms with Gasteiger partial charge in [0, 0.05) is 36.7 Å². The fourth-order valence-corrected chi connectivity index (χ4v) is 4.47. The highest BCUT2D eigenvalue weighted by Crippen LogP contribution is 2.28. The quantitative estimate of drug-likeness (QED) is 0.661. The van der Waals surface area contributed by atoms with E-state index in [4.69, 9.17) is 0 Å². The summed E-state index contributed by atoms with van der Waals surface area (Å²) in [4.78, 5) is 38.0. The molecule has 2 atom stereocenters. The van der Waals surface area contributed by atoms with E-state index in [9.17, 15) is 14.4 Å². The largest absolute Gasteiger partial charge is 0.322 e. The van der Waals surface area contributed by atoms with Crippen LogP contribution in [-0.2, 0) is 22.7 Å². The topological polar surface area (TPSA) is 90.5 Å². The van der Waals surface area contributed by atoms with Crippen LogP contribution in [0.2, 0.25) is 0 Å². The first-order valence-electron chi connectivity index (χ1n) is 10.1. The van der Waals surface area contributed by atoms with E-state index in [1.807, 2.05) is 18.2 Å². The Morgan fingerprint density at radius 3 is 2.75 bits per heavy atom. The van der Waals surface area contributed by atoms with Gasteiger partial charge in [0.1, 0.15) is 6.04 Å². The van der Waals surface area contributed by atoms with Crippen LogP contribution in [0.3, 0.4) is 0 Å². The second kappa shape index (κ2) is 7.29. The van der Waals surface area contributed by atoms with Crippen molar-refractivity contribution in [3.63, 3.8) is 0 Å². The number of amides is 3. The number of imide groups is 1. The van der Waals surface area contributed by atoms with Gasteiger partial charge < -0.3 is 15.5 Å². The molecule has 0 radical (unpaired) electrons. The standard InChI is InChI=1S/C21H28N4O3/c1-21(2,17-4-3-9-22-17)23-11-13-5-6-14-12-25(20(28)15(14)10-13)16-7-8-18(26)24-19(16)27/h5-6,10,16-17,22-23H,3-4,7-9,11-12H2,1-2H3,(H,24,26,27). The molecule has 28 heavy (non-hydrogen) atoms. The van der Waals surface area contributed by atoms with E-state index < -0.39 is 6.04 Å². The minimum absolute atomic E-state index is 0.0295. The number of hydrogen-bond acceptors (Lipinski definition) is 5. The second-order valence-corrected chi connectivity index (χ2v) is 8.62. The molecule has 1 aromatic rings. The zero-order chi connectivity index (χ0) is 19.9. The first-order valence-corrected chi connectivity index (χ1v) is 10.1. The molecule has 3 aliphatic heterocycles. The molecule has 3 N–H and O–H groups in total. The van der Waals surface area contributed by atoms with E-state index in [2.05, 4.69) is 29.8 Å². The second-order valence-electron chi connectivity index (χ2n) is 8.62. The van der Waals surface area contributed by atoms with Gasteiger partial charge in [0.25, 0.3) is 5.91 Å². The van der Waals surface area contributed by atoms with Crippen molar-refractivity contribution in [2.75, 3.05) is 6.54 Å². The van der Waals surface area contributed by atoms with Crippen molar-refractivity contribution in [1.29, 1.82) is 0 Å². The molecule has 1 aromatic carbocycles. The molecule has 0 spiro atoms. The summed E-state index contributed by atoms with van der Waals surface area (Å²) in [6.07, 6.45) is 3.04. The molecule has 3 heterocycles. The van der Waals surface area contributed by atoms with Crippen molar-refractivity contribution < 1.29 is 14.4 Å². The molecule has 3 amide bonds. The summed E-state index contributed by atoms with van der Waals surface area (Å²) in [5, 5.41) is 9.51. The van der Waals surface area contributed by atoms with Crippen LogP contribution in [0.1, 0.15) is 61.0 Å². The average molecular weight is 384 g/mol. The molecule has 0 bridgehead atoms. The Kier molecular flexibility index (Phi) is 4.97. The first-order chi connectivity index (χ1) is 13.3. The number of hydrogen-bond donors (Lipinski definition) is 3. The van der Waals surface area contributed by atoms with Crippen LogP contribution in [-0.4, -0.2) is 46.8 Å². The normalized spacial score (nSPS) is 25.2. The number of fused-ring (bicyclic) bond motifs is 1. The Labute approximate surface area is 165 Å². The van der Waals surface area contributed by atoms with Crippen LogP contribution in [0, 0.1) is 0 Å². The smallest absolute Gasteiger partial charge is 0.255 e. The van der Waals surface area contributed by atoms with E-state index in [1.54, 1.807) is 4.90 Å². The summed E-state index contributed by atoms with van der Waals surface area (Å²) in [6.45, 7) is 6.59. The maximum Gasteiger partial charge on any atom is 0.255 e. The van der Waals surface area contributed by atoms with Crippen molar-refractivity contribution in [2.24, 2.45) is 0 Å². The molecular formula is C21H28N4O3. The molecule has 2 fully saturated rings. The Balaban J connectivity index is 1.44. The number of carbonyl (C=O) groups is 3. The average Bonchev–Trinajstić information content (AvgIpc) is 3.30.